The molecule has 0 spiro atoms. The fraction of sp³-hybridized carbons (Fsp3) is 0.0769. The van der Waals surface area contributed by atoms with E-state index in [1.807, 2.05) is 60.7 Å². The van der Waals surface area contributed by atoms with Crippen LogP contribution in [0.2, 0.25) is 0 Å². The summed E-state index contributed by atoms with van der Waals surface area (Å²) in [5.41, 5.74) is 2.12. The minimum absolute atomic E-state index is 0.197. The molecule has 0 aromatic heterocycles. The van der Waals surface area contributed by atoms with Crippen LogP contribution < -0.4 is 4.72 Å². The van der Waals surface area contributed by atoms with Gasteiger partial charge >= 0.3 is 0 Å². The maximum Gasteiger partial charge on any atom is 0.0722 e. The van der Waals surface area contributed by atoms with Gasteiger partial charge in [-0.25, -0.2) is 4.36 Å². The van der Waals surface area contributed by atoms with Gasteiger partial charge < -0.3 is 4.72 Å². The highest BCUT2D eigenvalue weighted by Gasteiger charge is 1.91. The summed E-state index contributed by atoms with van der Waals surface area (Å²) >= 11 is 0. The highest BCUT2D eigenvalue weighted by molar-refractivity contribution is 7.88. The first-order chi connectivity index (χ1) is 7.84. The lowest BCUT2D eigenvalue weighted by molar-refractivity contribution is 1.56. The van der Waals surface area contributed by atoms with Crippen LogP contribution in [0.1, 0.15) is 0 Å². The quantitative estimate of drug-likeness (QED) is 0.852. The molecule has 2 aromatic carbocycles. The Morgan fingerprint density at radius 3 is 2.06 bits per heavy atom. The summed E-state index contributed by atoms with van der Waals surface area (Å²) in [5, 5.41) is 0. The van der Waals surface area contributed by atoms with Gasteiger partial charge in [-0.15, -0.1) is 0 Å². The molecular weight excluding hydrogens is 216 g/mol. The first kappa shape index (κ1) is 10.9. The van der Waals surface area contributed by atoms with Crippen LogP contribution in [-0.2, 0) is 10.9 Å². The van der Waals surface area contributed by atoms with E-state index in [-0.39, 0.29) is 10.9 Å². The fourth-order valence-electron chi connectivity index (χ4n) is 1.35. The fourth-order valence-corrected chi connectivity index (χ4v) is 2.31. The third-order valence-corrected chi connectivity index (χ3v) is 3.05. The van der Waals surface area contributed by atoms with Gasteiger partial charge in [0.2, 0.25) is 0 Å². The van der Waals surface area contributed by atoms with Gasteiger partial charge in [0.1, 0.15) is 0 Å². The molecule has 16 heavy (non-hydrogen) atoms. The zero-order valence-corrected chi connectivity index (χ0v) is 9.95. The number of rotatable bonds is 3. The van der Waals surface area contributed by atoms with Crippen molar-refractivity contribution >= 4 is 22.3 Å². The van der Waals surface area contributed by atoms with Crippen LogP contribution in [0, 0.1) is 0 Å². The number of anilines is 1. The predicted octanol–water partition coefficient (Wildman–Crippen LogP) is 3.78. The zero-order valence-electron chi connectivity index (χ0n) is 9.13. The third-order valence-electron chi connectivity index (χ3n) is 2.04. The highest BCUT2D eigenvalue weighted by atomic mass is 32.2. The number of hydrogen-bond donors (Lipinski definition) is 1. The van der Waals surface area contributed by atoms with E-state index in [0.29, 0.717) is 0 Å². The van der Waals surface area contributed by atoms with Crippen molar-refractivity contribution in [3.63, 3.8) is 0 Å². The van der Waals surface area contributed by atoms with E-state index < -0.39 is 0 Å². The molecule has 1 atom stereocenters. The molecule has 0 saturated heterocycles. The number of nitrogens with one attached hydrogen (secondary N) is 1. The van der Waals surface area contributed by atoms with E-state index >= 15 is 0 Å². The second kappa shape index (κ2) is 5.47. The number of benzene rings is 2. The van der Waals surface area contributed by atoms with Gasteiger partial charge in [-0.3, -0.25) is 0 Å². The van der Waals surface area contributed by atoms with Crippen LogP contribution >= 0.6 is 0 Å². The summed E-state index contributed by atoms with van der Waals surface area (Å²) in [4.78, 5) is 0. The van der Waals surface area contributed by atoms with Crippen molar-refractivity contribution in [2.45, 2.75) is 0 Å². The predicted molar refractivity (Wildman–Crippen MR) is 71.9 cm³/mol. The molecule has 2 nitrogen and oxygen atoms in total. The molecule has 2 rings (SSSR count). The SMILES string of the molecule is CS(=Nc1ccccc1)Nc1ccccc1. The summed E-state index contributed by atoms with van der Waals surface area (Å²) in [5.74, 6) is 0. The van der Waals surface area contributed by atoms with Crippen LogP contribution in [0.15, 0.2) is 65.0 Å². The molecule has 0 aliphatic heterocycles. The summed E-state index contributed by atoms with van der Waals surface area (Å²) in [6.45, 7) is 0. The van der Waals surface area contributed by atoms with Crippen molar-refractivity contribution in [3.05, 3.63) is 60.7 Å². The zero-order chi connectivity index (χ0) is 11.2. The maximum absolute atomic E-state index is 4.57. The summed E-state index contributed by atoms with van der Waals surface area (Å²) in [6, 6.07) is 20.1. The molecule has 1 unspecified atom stereocenters. The number of nitrogens with zero attached hydrogens (tertiary/aromatic N) is 1. The molecule has 82 valence electrons. The minimum atomic E-state index is -0.197. The van der Waals surface area contributed by atoms with Gasteiger partial charge in [-0.1, -0.05) is 36.4 Å². The third kappa shape index (κ3) is 3.21. The van der Waals surface area contributed by atoms with Crippen molar-refractivity contribution in [2.75, 3.05) is 11.0 Å². The topological polar surface area (TPSA) is 24.4 Å². The van der Waals surface area contributed by atoms with Crippen LogP contribution in [0.3, 0.4) is 0 Å². The molecule has 0 heterocycles. The van der Waals surface area contributed by atoms with Crippen molar-refractivity contribution in [2.24, 2.45) is 4.36 Å². The van der Waals surface area contributed by atoms with Gasteiger partial charge in [-0.2, -0.15) is 0 Å². The summed E-state index contributed by atoms with van der Waals surface area (Å²) in [7, 11) is -0.197. The van der Waals surface area contributed by atoms with E-state index in [0.717, 1.165) is 11.4 Å². The Bertz CT molecular complexity index is 466. The van der Waals surface area contributed by atoms with Gasteiger partial charge in [0.25, 0.3) is 0 Å². The summed E-state index contributed by atoms with van der Waals surface area (Å²) in [6.07, 6.45) is 2.07. The van der Waals surface area contributed by atoms with Crippen LogP contribution in [0.4, 0.5) is 11.4 Å². The lowest BCUT2D eigenvalue weighted by Gasteiger charge is -2.06. The molecule has 3 heteroatoms. The van der Waals surface area contributed by atoms with E-state index in [4.69, 9.17) is 0 Å². The van der Waals surface area contributed by atoms with Crippen molar-refractivity contribution in [1.29, 1.82) is 0 Å². The van der Waals surface area contributed by atoms with E-state index in [2.05, 4.69) is 15.3 Å². The second-order valence-corrected chi connectivity index (χ2v) is 4.72. The lowest BCUT2D eigenvalue weighted by atomic mass is 10.3. The van der Waals surface area contributed by atoms with E-state index in [1.165, 1.54) is 0 Å². The molecule has 0 aliphatic carbocycles. The van der Waals surface area contributed by atoms with Crippen molar-refractivity contribution in [1.82, 2.24) is 0 Å². The summed E-state index contributed by atoms with van der Waals surface area (Å²) < 4.78 is 7.92. The Morgan fingerprint density at radius 2 is 1.44 bits per heavy atom. The van der Waals surface area contributed by atoms with Crippen LogP contribution in [0.25, 0.3) is 0 Å². The van der Waals surface area contributed by atoms with E-state index in [1.54, 1.807) is 0 Å². The smallest absolute Gasteiger partial charge is 0.0722 e. The maximum atomic E-state index is 4.57. The monoisotopic (exact) mass is 230 g/mol. The molecule has 0 bridgehead atoms. The Labute approximate surface area is 98.6 Å². The van der Waals surface area contributed by atoms with Crippen LogP contribution in [-0.4, -0.2) is 6.26 Å². The number of para-hydroxylation sites is 1. The molecule has 0 saturated carbocycles. The Balaban J connectivity index is 2.09. The molecule has 2 aromatic rings. The van der Waals surface area contributed by atoms with E-state index in [9.17, 15) is 0 Å². The van der Waals surface area contributed by atoms with Gasteiger partial charge in [0.15, 0.2) is 0 Å². The highest BCUT2D eigenvalue weighted by Crippen LogP contribution is 2.13. The average Bonchev–Trinajstić information content (AvgIpc) is 2.31. The number of hydrogen-bond acceptors (Lipinski definition) is 1. The van der Waals surface area contributed by atoms with Crippen molar-refractivity contribution in [3.8, 4) is 0 Å². The standard InChI is InChI=1S/C13H14N2S/c1-16(14-12-8-4-2-5-9-12)15-13-10-6-3-7-11-13/h2-11H,1H3,(H,14,15). The first-order valence-electron chi connectivity index (χ1n) is 5.09. The first-order valence-corrected chi connectivity index (χ1v) is 6.68. The van der Waals surface area contributed by atoms with Gasteiger partial charge in [0.05, 0.1) is 5.69 Å². The van der Waals surface area contributed by atoms with Gasteiger partial charge in [0, 0.05) is 11.9 Å². The molecular formula is C13H14N2S. The minimum Gasteiger partial charge on any atom is -0.322 e. The normalized spacial score (nSPS) is 12.3. The molecule has 0 aliphatic rings. The Hall–Kier alpha value is -1.61. The Kier molecular flexibility index (Phi) is 3.72. The largest absolute Gasteiger partial charge is 0.322 e. The molecule has 0 amide bonds. The Morgan fingerprint density at radius 1 is 0.875 bits per heavy atom. The molecule has 1 N–H and O–H groups in total. The lowest BCUT2D eigenvalue weighted by Crippen LogP contribution is -2.00. The molecule has 0 fully saturated rings. The average molecular weight is 230 g/mol. The van der Waals surface area contributed by atoms with Crippen molar-refractivity contribution < 1.29 is 0 Å². The second-order valence-electron chi connectivity index (χ2n) is 3.37. The molecule has 0 radical (unpaired) electrons. The van der Waals surface area contributed by atoms with Crippen LogP contribution in [0.5, 0.6) is 0 Å². The van der Waals surface area contributed by atoms with Gasteiger partial charge in [-0.05, 0) is 35.1 Å².